The molecule has 0 atom stereocenters. The molecular formula is C9H9N3S2. The van der Waals surface area contributed by atoms with Gasteiger partial charge in [-0.25, -0.2) is 0 Å². The first kappa shape index (κ1) is 9.61. The van der Waals surface area contributed by atoms with Crippen LogP contribution in [0.5, 0.6) is 0 Å². The highest BCUT2D eigenvalue weighted by Gasteiger charge is 1.98. The summed E-state index contributed by atoms with van der Waals surface area (Å²) in [4.78, 5) is 4.25. The highest BCUT2D eigenvalue weighted by molar-refractivity contribution is 8.00. The van der Waals surface area contributed by atoms with Gasteiger partial charge in [-0.15, -0.1) is 10.2 Å². The number of aryl methyl sites for hydroxylation is 1. The van der Waals surface area contributed by atoms with Gasteiger partial charge in [0.25, 0.3) is 0 Å². The Morgan fingerprint density at radius 1 is 1.36 bits per heavy atom. The van der Waals surface area contributed by atoms with Crippen LogP contribution in [0.4, 0.5) is 0 Å². The van der Waals surface area contributed by atoms with E-state index >= 15 is 0 Å². The molecule has 3 nitrogen and oxygen atoms in total. The van der Waals surface area contributed by atoms with Gasteiger partial charge in [-0.05, 0) is 18.6 Å². The first-order valence-electron chi connectivity index (χ1n) is 4.24. The maximum Gasteiger partial charge on any atom is 0.174 e. The zero-order valence-corrected chi connectivity index (χ0v) is 9.09. The summed E-state index contributed by atoms with van der Waals surface area (Å²) in [5.74, 6) is 1.01. The Kier molecular flexibility index (Phi) is 3.48. The van der Waals surface area contributed by atoms with E-state index in [0.29, 0.717) is 0 Å². The number of pyridine rings is 1. The lowest BCUT2D eigenvalue weighted by Crippen LogP contribution is -1.91. The van der Waals surface area contributed by atoms with Crippen molar-refractivity contribution in [3.63, 3.8) is 0 Å². The summed E-state index contributed by atoms with van der Waals surface area (Å²) >= 11 is 3.31. The zero-order chi connectivity index (χ0) is 9.64. The van der Waals surface area contributed by atoms with Crippen molar-refractivity contribution in [2.75, 3.05) is 5.75 Å². The van der Waals surface area contributed by atoms with Crippen molar-refractivity contribution < 1.29 is 0 Å². The van der Waals surface area contributed by atoms with Crippen LogP contribution in [0, 0.1) is 0 Å². The van der Waals surface area contributed by atoms with Gasteiger partial charge in [-0.3, -0.25) is 4.98 Å². The third-order valence-electron chi connectivity index (χ3n) is 1.65. The van der Waals surface area contributed by atoms with E-state index in [2.05, 4.69) is 15.2 Å². The molecule has 2 heterocycles. The summed E-state index contributed by atoms with van der Waals surface area (Å²) in [5.41, 5.74) is 2.88. The van der Waals surface area contributed by atoms with Gasteiger partial charge in [0.1, 0.15) is 5.51 Å². The molecule has 0 aliphatic carbocycles. The van der Waals surface area contributed by atoms with Crippen LogP contribution < -0.4 is 0 Å². The number of rotatable bonds is 4. The number of nitrogens with zero attached hydrogens (tertiary/aromatic N) is 3. The molecule has 0 fully saturated rings. The zero-order valence-electron chi connectivity index (χ0n) is 7.46. The van der Waals surface area contributed by atoms with E-state index in [1.54, 1.807) is 28.6 Å². The minimum absolute atomic E-state index is 0.977. The van der Waals surface area contributed by atoms with Gasteiger partial charge in [0.15, 0.2) is 4.34 Å². The Labute approximate surface area is 90.6 Å². The molecule has 5 heteroatoms. The number of thioether (sulfide) groups is 1. The van der Waals surface area contributed by atoms with Gasteiger partial charge in [0.05, 0.1) is 0 Å². The molecule has 2 aromatic rings. The topological polar surface area (TPSA) is 38.7 Å². The van der Waals surface area contributed by atoms with Crippen molar-refractivity contribution in [3.05, 3.63) is 35.6 Å². The van der Waals surface area contributed by atoms with Gasteiger partial charge in [0, 0.05) is 17.6 Å². The lowest BCUT2D eigenvalue weighted by atomic mass is 10.3. The van der Waals surface area contributed by atoms with Crippen LogP contribution in [-0.4, -0.2) is 20.9 Å². The summed E-state index contributed by atoms with van der Waals surface area (Å²) < 4.78 is 1.03. The van der Waals surface area contributed by atoms with Crippen LogP contribution >= 0.6 is 23.1 Å². The van der Waals surface area contributed by atoms with Crippen LogP contribution in [0.3, 0.4) is 0 Å². The molecule has 0 spiro atoms. The Balaban J connectivity index is 1.79. The van der Waals surface area contributed by atoms with Gasteiger partial charge < -0.3 is 0 Å². The quantitative estimate of drug-likeness (QED) is 0.745. The number of hydrogen-bond acceptors (Lipinski definition) is 5. The van der Waals surface area contributed by atoms with Crippen molar-refractivity contribution in [1.29, 1.82) is 0 Å². The molecule has 14 heavy (non-hydrogen) atoms. The van der Waals surface area contributed by atoms with Gasteiger partial charge in [-0.1, -0.05) is 29.2 Å². The summed E-state index contributed by atoms with van der Waals surface area (Å²) in [7, 11) is 0. The van der Waals surface area contributed by atoms with E-state index < -0.39 is 0 Å². The third-order valence-corrected chi connectivity index (χ3v) is 3.51. The molecule has 0 aromatic carbocycles. The second-order valence-corrected chi connectivity index (χ2v) is 4.80. The normalized spacial score (nSPS) is 10.3. The molecular weight excluding hydrogens is 214 g/mol. The molecule has 2 rings (SSSR count). The molecule has 0 aliphatic heterocycles. The Morgan fingerprint density at radius 2 is 2.36 bits per heavy atom. The van der Waals surface area contributed by atoms with E-state index in [4.69, 9.17) is 0 Å². The Bertz CT molecular complexity index is 361. The maximum atomic E-state index is 4.25. The second kappa shape index (κ2) is 5.07. The number of hydrogen-bond donors (Lipinski definition) is 0. The van der Waals surface area contributed by atoms with E-state index in [1.165, 1.54) is 0 Å². The van der Waals surface area contributed by atoms with Crippen LogP contribution in [-0.2, 0) is 6.42 Å². The van der Waals surface area contributed by atoms with Crippen LogP contribution in [0.1, 0.15) is 5.69 Å². The standard InChI is InChI=1S/C9H9N3S2/c1-2-5-10-8(3-1)4-6-13-9-12-11-7-14-9/h1-3,5,7H,4,6H2. The molecule has 0 unspecified atom stereocenters. The van der Waals surface area contributed by atoms with Gasteiger partial charge >= 0.3 is 0 Å². The molecule has 0 saturated heterocycles. The molecule has 0 aliphatic rings. The molecule has 0 saturated carbocycles. The Hall–Kier alpha value is -0.940. The third kappa shape index (κ3) is 2.78. The largest absolute Gasteiger partial charge is 0.261 e. The van der Waals surface area contributed by atoms with Crippen molar-refractivity contribution in [2.24, 2.45) is 0 Å². The monoisotopic (exact) mass is 223 g/mol. The van der Waals surface area contributed by atoms with E-state index in [0.717, 1.165) is 22.2 Å². The Morgan fingerprint density at radius 3 is 3.07 bits per heavy atom. The summed E-state index contributed by atoms with van der Waals surface area (Å²) in [6.07, 6.45) is 2.80. The fourth-order valence-corrected chi connectivity index (χ4v) is 2.54. The van der Waals surface area contributed by atoms with Crippen LogP contribution in [0.2, 0.25) is 0 Å². The SMILES string of the molecule is c1ccc(CCSc2nncs2)nc1. The highest BCUT2D eigenvalue weighted by atomic mass is 32.2. The number of aromatic nitrogens is 3. The van der Waals surface area contributed by atoms with E-state index in [9.17, 15) is 0 Å². The molecule has 0 bridgehead atoms. The first-order chi connectivity index (χ1) is 6.95. The minimum Gasteiger partial charge on any atom is -0.261 e. The highest BCUT2D eigenvalue weighted by Crippen LogP contribution is 2.19. The lowest BCUT2D eigenvalue weighted by molar-refractivity contribution is 1.00. The maximum absolute atomic E-state index is 4.25. The molecule has 0 N–H and O–H groups in total. The summed E-state index contributed by atoms with van der Waals surface area (Å²) in [5, 5.41) is 7.74. The summed E-state index contributed by atoms with van der Waals surface area (Å²) in [6, 6.07) is 5.99. The van der Waals surface area contributed by atoms with E-state index in [1.807, 2.05) is 24.4 Å². The average molecular weight is 223 g/mol. The smallest absolute Gasteiger partial charge is 0.174 e. The van der Waals surface area contributed by atoms with Crippen molar-refractivity contribution in [2.45, 2.75) is 10.8 Å². The molecule has 0 radical (unpaired) electrons. The molecule has 72 valence electrons. The van der Waals surface area contributed by atoms with Crippen LogP contribution in [0.25, 0.3) is 0 Å². The summed E-state index contributed by atoms with van der Waals surface area (Å²) in [6.45, 7) is 0. The minimum atomic E-state index is 0.977. The van der Waals surface area contributed by atoms with Gasteiger partial charge in [-0.2, -0.15) is 0 Å². The second-order valence-electron chi connectivity index (χ2n) is 2.62. The fraction of sp³-hybridized carbons (Fsp3) is 0.222. The van der Waals surface area contributed by atoms with E-state index in [-0.39, 0.29) is 0 Å². The fourth-order valence-electron chi connectivity index (χ4n) is 1.01. The predicted molar refractivity (Wildman–Crippen MR) is 58.6 cm³/mol. The molecule has 2 aromatic heterocycles. The van der Waals surface area contributed by atoms with Gasteiger partial charge in [0.2, 0.25) is 0 Å². The average Bonchev–Trinajstić information content (AvgIpc) is 2.72. The van der Waals surface area contributed by atoms with Crippen LogP contribution in [0.15, 0.2) is 34.2 Å². The lowest BCUT2D eigenvalue weighted by Gasteiger charge is -1.97. The van der Waals surface area contributed by atoms with Crippen molar-refractivity contribution in [1.82, 2.24) is 15.2 Å². The predicted octanol–water partition coefficient (Wildman–Crippen LogP) is 2.27. The van der Waals surface area contributed by atoms with Crippen molar-refractivity contribution >= 4 is 23.1 Å². The first-order valence-corrected chi connectivity index (χ1v) is 6.10. The van der Waals surface area contributed by atoms with Crippen molar-refractivity contribution in [3.8, 4) is 0 Å². The molecule has 0 amide bonds.